The Morgan fingerprint density at radius 1 is 1.18 bits per heavy atom. The summed E-state index contributed by atoms with van der Waals surface area (Å²) in [4.78, 5) is 49.6. The lowest BCUT2D eigenvalue weighted by atomic mass is 9.47. The first-order valence-electron chi connectivity index (χ1n) is 12.5. The van der Waals surface area contributed by atoms with Crippen LogP contribution in [-0.4, -0.2) is 28.4 Å². The van der Waals surface area contributed by atoms with Gasteiger partial charge < -0.3 is 5.11 Å². The highest BCUT2D eigenvalue weighted by Gasteiger charge is 2.60. The van der Waals surface area contributed by atoms with E-state index in [2.05, 4.69) is 20.8 Å². The van der Waals surface area contributed by atoms with Crippen molar-refractivity contribution in [3.05, 3.63) is 23.3 Å². The number of carbonyl (C=O) groups is 4. The largest absolute Gasteiger partial charge is 0.478 e. The number of carbonyl (C=O) groups excluding carboxylic acids is 3. The highest BCUT2D eigenvalue weighted by Crippen LogP contribution is 2.65. The van der Waals surface area contributed by atoms with Crippen LogP contribution >= 0.6 is 0 Å². The summed E-state index contributed by atoms with van der Waals surface area (Å²) in [5.74, 6) is -0.0629. The van der Waals surface area contributed by atoms with E-state index in [1.807, 2.05) is 19.9 Å². The number of allylic oxidation sites excluding steroid dienone is 3. The zero-order valence-corrected chi connectivity index (χ0v) is 21.1. The second kappa shape index (κ2) is 8.96. The van der Waals surface area contributed by atoms with Gasteiger partial charge in [-0.05, 0) is 68.8 Å². The van der Waals surface area contributed by atoms with Gasteiger partial charge in [0, 0.05) is 35.2 Å². The van der Waals surface area contributed by atoms with Gasteiger partial charge in [0.1, 0.15) is 11.6 Å². The smallest absolute Gasteiger partial charge is 0.330 e. The maximum absolute atomic E-state index is 13.3. The van der Waals surface area contributed by atoms with E-state index in [0.717, 1.165) is 19.3 Å². The number of fused-ring (bicyclic) bond motifs is 3. The molecule has 0 aromatic rings. The van der Waals surface area contributed by atoms with Gasteiger partial charge in [-0.25, -0.2) is 4.79 Å². The molecular formula is C28H40O5. The molecule has 2 saturated carbocycles. The summed E-state index contributed by atoms with van der Waals surface area (Å²) in [6, 6.07) is 0. The molecule has 3 aliphatic carbocycles. The van der Waals surface area contributed by atoms with E-state index in [-0.39, 0.29) is 40.2 Å². The standard InChI is InChI=1S/C28H40O5/c1-17(8-7-9-18(2)25(32)33)21(29)12-14-28(6)19-10-11-22-26(3,4)23(30)13-15-27(22,5)20(19)16-24(28)31/h9,16-17,19,22H,7-8,10-15H2,1-6H3,(H,32,33)/b18-9-/t17?,19-,22+,27-,28+/m1/s1. The number of Topliss-reactive ketones (excluding diaryl/α,β-unsaturated/α-hetero) is 2. The predicted octanol–water partition coefficient (Wildman–Crippen LogP) is 5.72. The van der Waals surface area contributed by atoms with Crippen LogP contribution in [0.15, 0.2) is 23.3 Å². The zero-order valence-electron chi connectivity index (χ0n) is 21.1. The minimum atomic E-state index is -0.931. The maximum Gasteiger partial charge on any atom is 0.330 e. The second-order valence-electron chi connectivity index (χ2n) is 11.8. The van der Waals surface area contributed by atoms with Gasteiger partial charge in [-0.15, -0.1) is 0 Å². The van der Waals surface area contributed by atoms with Crippen LogP contribution in [0.5, 0.6) is 0 Å². The van der Waals surface area contributed by atoms with Crippen molar-refractivity contribution < 1.29 is 24.3 Å². The third-order valence-electron chi connectivity index (χ3n) is 9.46. The molecular weight excluding hydrogens is 416 g/mol. The van der Waals surface area contributed by atoms with E-state index in [9.17, 15) is 19.2 Å². The van der Waals surface area contributed by atoms with Crippen LogP contribution in [-0.2, 0) is 19.2 Å². The van der Waals surface area contributed by atoms with Crippen LogP contribution in [0.25, 0.3) is 0 Å². The molecule has 3 aliphatic rings. The fraction of sp³-hybridized carbons (Fsp3) is 0.714. The van der Waals surface area contributed by atoms with E-state index in [1.165, 1.54) is 5.57 Å². The molecule has 1 N–H and O–H groups in total. The molecule has 0 aromatic heterocycles. The van der Waals surface area contributed by atoms with Crippen LogP contribution in [0.4, 0.5) is 0 Å². The molecule has 0 saturated heterocycles. The third kappa shape index (κ3) is 4.40. The Kier molecular flexibility index (Phi) is 6.94. The van der Waals surface area contributed by atoms with Gasteiger partial charge in [0.05, 0.1) is 0 Å². The summed E-state index contributed by atoms with van der Waals surface area (Å²) in [6.07, 6.45) is 8.85. The predicted molar refractivity (Wildman–Crippen MR) is 128 cm³/mol. The zero-order chi connectivity index (χ0) is 24.8. The van der Waals surface area contributed by atoms with E-state index < -0.39 is 11.4 Å². The average Bonchev–Trinajstić information content (AvgIpc) is 3.01. The second-order valence-corrected chi connectivity index (χ2v) is 11.8. The molecule has 182 valence electrons. The van der Waals surface area contributed by atoms with E-state index in [1.54, 1.807) is 13.0 Å². The molecule has 1 unspecified atom stereocenters. The number of aliphatic carboxylic acids is 1. The molecule has 3 rings (SSSR count). The van der Waals surface area contributed by atoms with Crippen molar-refractivity contribution in [2.75, 3.05) is 0 Å². The Balaban J connectivity index is 1.67. The van der Waals surface area contributed by atoms with Gasteiger partial charge >= 0.3 is 5.97 Å². The van der Waals surface area contributed by atoms with Crippen molar-refractivity contribution in [3.63, 3.8) is 0 Å². The Morgan fingerprint density at radius 2 is 1.85 bits per heavy atom. The van der Waals surface area contributed by atoms with E-state index >= 15 is 0 Å². The van der Waals surface area contributed by atoms with Crippen LogP contribution in [0.3, 0.4) is 0 Å². The van der Waals surface area contributed by atoms with Crippen molar-refractivity contribution in [3.8, 4) is 0 Å². The summed E-state index contributed by atoms with van der Waals surface area (Å²) >= 11 is 0. The van der Waals surface area contributed by atoms with Crippen LogP contribution < -0.4 is 0 Å². The van der Waals surface area contributed by atoms with Crippen molar-refractivity contribution in [1.82, 2.24) is 0 Å². The minimum absolute atomic E-state index is 0.126. The lowest BCUT2D eigenvalue weighted by Crippen LogP contribution is -2.52. The Morgan fingerprint density at radius 3 is 2.48 bits per heavy atom. The van der Waals surface area contributed by atoms with Gasteiger partial charge in [-0.3, -0.25) is 14.4 Å². The quantitative estimate of drug-likeness (QED) is 0.472. The number of hydrogen-bond acceptors (Lipinski definition) is 4. The summed E-state index contributed by atoms with van der Waals surface area (Å²) in [6.45, 7) is 11.9. The SMILES string of the molecule is C/C(=C/CCC(C)C(=O)CC[C@]1(C)C(=O)C=C2[C@H]1CC[C@H]1C(C)(C)C(=O)CC[C@]21C)C(=O)O. The number of carboxylic acid groups (broad SMARTS) is 1. The van der Waals surface area contributed by atoms with E-state index in [4.69, 9.17) is 5.11 Å². The molecule has 0 aromatic carbocycles. The molecule has 0 heterocycles. The molecule has 0 amide bonds. The summed E-state index contributed by atoms with van der Waals surface area (Å²) < 4.78 is 0. The van der Waals surface area contributed by atoms with Gasteiger partial charge in [-0.2, -0.15) is 0 Å². The lowest BCUT2D eigenvalue weighted by molar-refractivity contribution is -0.141. The van der Waals surface area contributed by atoms with Gasteiger partial charge in [0.25, 0.3) is 0 Å². The van der Waals surface area contributed by atoms with Crippen molar-refractivity contribution in [1.29, 1.82) is 0 Å². The first-order chi connectivity index (χ1) is 15.2. The lowest BCUT2D eigenvalue weighted by Gasteiger charge is -2.56. The van der Waals surface area contributed by atoms with Crippen molar-refractivity contribution in [2.24, 2.45) is 34.0 Å². The molecule has 5 nitrogen and oxygen atoms in total. The first kappa shape index (κ1) is 25.6. The highest BCUT2D eigenvalue weighted by atomic mass is 16.4. The summed E-state index contributed by atoms with van der Waals surface area (Å²) in [7, 11) is 0. The Labute approximate surface area is 198 Å². The van der Waals surface area contributed by atoms with Gasteiger partial charge in [0.2, 0.25) is 0 Å². The van der Waals surface area contributed by atoms with Crippen molar-refractivity contribution in [2.45, 2.75) is 92.9 Å². The fourth-order valence-corrected chi connectivity index (χ4v) is 6.90. The summed E-state index contributed by atoms with van der Waals surface area (Å²) in [5, 5.41) is 8.95. The minimum Gasteiger partial charge on any atom is -0.478 e. The van der Waals surface area contributed by atoms with Crippen LogP contribution in [0, 0.1) is 34.0 Å². The first-order valence-corrected chi connectivity index (χ1v) is 12.5. The molecule has 5 atom stereocenters. The number of carboxylic acids is 1. The molecule has 0 radical (unpaired) electrons. The van der Waals surface area contributed by atoms with E-state index in [0.29, 0.717) is 43.5 Å². The molecule has 5 heteroatoms. The highest BCUT2D eigenvalue weighted by molar-refractivity contribution is 5.99. The average molecular weight is 457 g/mol. The van der Waals surface area contributed by atoms with Gasteiger partial charge in [0.15, 0.2) is 5.78 Å². The van der Waals surface area contributed by atoms with Crippen LogP contribution in [0.2, 0.25) is 0 Å². The molecule has 0 bridgehead atoms. The maximum atomic E-state index is 13.3. The molecule has 33 heavy (non-hydrogen) atoms. The fourth-order valence-electron chi connectivity index (χ4n) is 6.90. The van der Waals surface area contributed by atoms with Crippen LogP contribution in [0.1, 0.15) is 92.9 Å². The Hall–Kier alpha value is -2.04. The number of rotatable bonds is 8. The molecule has 0 spiro atoms. The topological polar surface area (TPSA) is 88.5 Å². The molecule has 0 aliphatic heterocycles. The monoisotopic (exact) mass is 456 g/mol. The Bertz CT molecular complexity index is 923. The van der Waals surface area contributed by atoms with Gasteiger partial charge in [-0.1, -0.05) is 46.3 Å². The normalized spacial score (nSPS) is 34.4. The summed E-state index contributed by atoms with van der Waals surface area (Å²) in [5.41, 5.74) is 0.485. The van der Waals surface area contributed by atoms with Crippen molar-refractivity contribution >= 4 is 23.3 Å². The number of ketones is 3. The third-order valence-corrected chi connectivity index (χ3v) is 9.46. The molecule has 2 fully saturated rings. The number of hydrogen-bond donors (Lipinski definition) is 1.